The molecule has 0 saturated heterocycles. The molecule has 0 amide bonds. The van der Waals surface area contributed by atoms with E-state index in [0.717, 1.165) is 27.9 Å². The Kier molecular flexibility index (Phi) is 5.35. The number of anilines is 1. The standard InChI is InChI=1S/C25H27N3O2S/c1-16-13-17(2)25(18(3)14-16)31(29,30)27-24-19(4)26-28(20(24)5)15-22-11-8-10-21-9-6-7-12-23(21)22/h6-14,27H,15H2,1-5H3. The lowest BCUT2D eigenvalue weighted by molar-refractivity contribution is 0.600. The molecule has 5 nitrogen and oxygen atoms in total. The summed E-state index contributed by atoms with van der Waals surface area (Å²) in [5.41, 5.74) is 5.65. The van der Waals surface area contributed by atoms with Crippen molar-refractivity contribution in [3.05, 3.63) is 88.2 Å². The average Bonchev–Trinajstić information content (AvgIpc) is 2.94. The Labute approximate surface area is 183 Å². The SMILES string of the molecule is Cc1cc(C)c(S(=O)(=O)Nc2c(C)nn(Cc3cccc4ccccc34)c2C)c(C)c1. The van der Waals surface area contributed by atoms with Gasteiger partial charge in [0.05, 0.1) is 28.5 Å². The fourth-order valence-corrected chi connectivity index (χ4v) is 6.00. The maximum atomic E-state index is 13.3. The third-order valence-corrected chi connectivity index (χ3v) is 7.35. The Morgan fingerprint density at radius 3 is 2.26 bits per heavy atom. The lowest BCUT2D eigenvalue weighted by Crippen LogP contribution is -2.17. The van der Waals surface area contributed by atoms with Gasteiger partial charge < -0.3 is 0 Å². The summed E-state index contributed by atoms with van der Waals surface area (Å²) < 4.78 is 31.2. The number of nitrogens with zero attached hydrogens (tertiary/aromatic N) is 2. The second-order valence-corrected chi connectivity index (χ2v) is 9.79. The van der Waals surface area contributed by atoms with Gasteiger partial charge in [0.1, 0.15) is 0 Å². The maximum absolute atomic E-state index is 13.3. The smallest absolute Gasteiger partial charge is 0.262 e. The molecule has 3 aromatic carbocycles. The predicted molar refractivity (Wildman–Crippen MR) is 126 cm³/mol. The van der Waals surface area contributed by atoms with Crippen LogP contribution in [0.2, 0.25) is 0 Å². The molecule has 0 bridgehead atoms. The second kappa shape index (κ2) is 7.85. The normalized spacial score (nSPS) is 11.8. The lowest BCUT2D eigenvalue weighted by Gasteiger charge is -2.14. The lowest BCUT2D eigenvalue weighted by atomic mass is 10.0. The van der Waals surface area contributed by atoms with Crippen LogP contribution in [0.4, 0.5) is 5.69 Å². The van der Waals surface area contributed by atoms with E-state index in [1.54, 1.807) is 0 Å². The summed E-state index contributed by atoms with van der Waals surface area (Å²) >= 11 is 0. The predicted octanol–water partition coefficient (Wildman–Crippen LogP) is 5.43. The molecule has 0 aliphatic rings. The molecule has 0 aliphatic carbocycles. The van der Waals surface area contributed by atoms with Crippen LogP contribution in [-0.4, -0.2) is 18.2 Å². The van der Waals surface area contributed by atoms with Crippen LogP contribution >= 0.6 is 0 Å². The van der Waals surface area contributed by atoms with Crippen LogP contribution in [0.25, 0.3) is 10.8 Å². The van der Waals surface area contributed by atoms with E-state index < -0.39 is 10.0 Å². The molecule has 4 aromatic rings. The average molecular weight is 434 g/mol. The number of hydrogen-bond acceptors (Lipinski definition) is 3. The van der Waals surface area contributed by atoms with E-state index in [2.05, 4.69) is 34.1 Å². The van der Waals surface area contributed by atoms with Gasteiger partial charge in [0.2, 0.25) is 0 Å². The first-order valence-electron chi connectivity index (χ1n) is 10.3. The van der Waals surface area contributed by atoms with E-state index in [1.165, 1.54) is 10.8 Å². The summed E-state index contributed by atoms with van der Waals surface area (Å²) in [5, 5.41) is 6.98. The third-order valence-electron chi connectivity index (χ3n) is 5.69. The summed E-state index contributed by atoms with van der Waals surface area (Å²) in [4.78, 5) is 0.332. The van der Waals surface area contributed by atoms with Crippen molar-refractivity contribution < 1.29 is 8.42 Å². The van der Waals surface area contributed by atoms with Gasteiger partial charge in [-0.05, 0) is 62.1 Å². The van der Waals surface area contributed by atoms with Gasteiger partial charge >= 0.3 is 0 Å². The molecule has 4 rings (SSSR count). The van der Waals surface area contributed by atoms with Crippen LogP contribution in [0, 0.1) is 34.6 Å². The van der Waals surface area contributed by atoms with Gasteiger partial charge in [0.25, 0.3) is 10.0 Å². The van der Waals surface area contributed by atoms with Gasteiger partial charge in [-0.3, -0.25) is 9.40 Å². The minimum absolute atomic E-state index is 0.332. The number of nitrogens with one attached hydrogen (secondary N) is 1. The van der Waals surface area contributed by atoms with Crippen LogP contribution in [0.5, 0.6) is 0 Å². The van der Waals surface area contributed by atoms with Crippen molar-refractivity contribution in [3.8, 4) is 0 Å². The molecule has 6 heteroatoms. The zero-order valence-electron chi connectivity index (χ0n) is 18.5. The minimum atomic E-state index is -3.73. The first-order valence-corrected chi connectivity index (χ1v) is 11.8. The van der Waals surface area contributed by atoms with Crippen molar-refractivity contribution in [2.45, 2.75) is 46.1 Å². The highest BCUT2D eigenvalue weighted by Crippen LogP contribution is 2.28. The molecule has 0 aliphatic heterocycles. The van der Waals surface area contributed by atoms with E-state index in [4.69, 9.17) is 0 Å². The Balaban J connectivity index is 1.71. The number of sulfonamides is 1. The highest BCUT2D eigenvalue weighted by molar-refractivity contribution is 7.92. The van der Waals surface area contributed by atoms with Crippen molar-refractivity contribution >= 4 is 26.5 Å². The number of fused-ring (bicyclic) bond motifs is 1. The summed E-state index contributed by atoms with van der Waals surface area (Å²) in [5.74, 6) is 0. The quantitative estimate of drug-likeness (QED) is 0.457. The van der Waals surface area contributed by atoms with Gasteiger partial charge in [-0.15, -0.1) is 0 Å². The maximum Gasteiger partial charge on any atom is 0.262 e. The minimum Gasteiger partial charge on any atom is -0.276 e. The Morgan fingerprint density at radius 1 is 0.903 bits per heavy atom. The van der Waals surface area contributed by atoms with Gasteiger partial charge in [0.15, 0.2) is 0 Å². The Morgan fingerprint density at radius 2 is 1.55 bits per heavy atom. The van der Waals surface area contributed by atoms with Gasteiger partial charge in [0, 0.05) is 0 Å². The molecule has 1 aromatic heterocycles. The molecule has 0 saturated carbocycles. The van der Waals surface area contributed by atoms with Crippen LogP contribution in [0.3, 0.4) is 0 Å². The van der Waals surface area contributed by atoms with Crippen LogP contribution in [0.15, 0.2) is 59.5 Å². The molecule has 1 N–H and O–H groups in total. The first kappa shape index (κ1) is 21.1. The fourth-order valence-electron chi connectivity index (χ4n) is 4.37. The first-order chi connectivity index (χ1) is 14.7. The van der Waals surface area contributed by atoms with Crippen LogP contribution in [-0.2, 0) is 16.6 Å². The van der Waals surface area contributed by atoms with E-state index in [-0.39, 0.29) is 0 Å². The number of aryl methyl sites for hydroxylation is 4. The molecule has 0 unspecified atom stereocenters. The molecule has 0 fully saturated rings. The Hall–Kier alpha value is -3.12. The van der Waals surface area contributed by atoms with E-state index >= 15 is 0 Å². The van der Waals surface area contributed by atoms with Crippen molar-refractivity contribution in [1.29, 1.82) is 0 Å². The van der Waals surface area contributed by atoms with Crippen molar-refractivity contribution in [2.24, 2.45) is 0 Å². The zero-order valence-corrected chi connectivity index (χ0v) is 19.3. The number of aromatic nitrogens is 2. The zero-order chi connectivity index (χ0) is 22.3. The second-order valence-electron chi connectivity index (χ2n) is 8.18. The summed E-state index contributed by atoms with van der Waals surface area (Å²) in [6, 6.07) is 18.2. The topological polar surface area (TPSA) is 64.0 Å². The van der Waals surface area contributed by atoms with Crippen molar-refractivity contribution in [2.75, 3.05) is 4.72 Å². The van der Waals surface area contributed by atoms with Crippen LogP contribution < -0.4 is 4.72 Å². The van der Waals surface area contributed by atoms with E-state index in [1.807, 2.05) is 69.6 Å². The molecular weight excluding hydrogens is 406 g/mol. The molecule has 160 valence electrons. The molecule has 1 heterocycles. The largest absolute Gasteiger partial charge is 0.276 e. The van der Waals surface area contributed by atoms with Crippen LogP contribution in [0.1, 0.15) is 33.6 Å². The fraction of sp³-hybridized carbons (Fsp3) is 0.240. The molecule has 0 spiro atoms. The molecular formula is C25H27N3O2S. The van der Waals surface area contributed by atoms with Gasteiger partial charge in [-0.25, -0.2) is 8.42 Å². The van der Waals surface area contributed by atoms with E-state index in [9.17, 15) is 8.42 Å². The van der Waals surface area contributed by atoms with Crippen molar-refractivity contribution in [1.82, 2.24) is 9.78 Å². The molecule has 0 radical (unpaired) electrons. The summed E-state index contributed by atoms with van der Waals surface area (Å²) in [7, 11) is -3.73. The summed E-state index contributed by atoms with van der Waals surface area (Å²) in [6.07, 6.45) is 0. The number of rotatable bonds is 5. The molecule has 31 heavy (non-hydrogen) atoms. The monoisotopic (exact) mass is 433 g/mol. The van der Waals surface area contributed by atoms with Gasteiger partial charge in [-0.1, -0.05) is 60.2 Å². The number of hydrogen-bond donors (Lipinski definition) is 1. The third kappa shape index (κ3) is 3.95. The van der Waals surface area contributed by atoms with Crippen molar-refractivity contribution in [3.63, 3.8) is 0 Å². The van der Waals surface area contributed by atoms with E-state index in [0.29, 0.717) is 22.8 Å². The van der Waals surface area contributed by atoms with Gasteiger partial charge in [-0.2, -0.15) is 5.10 Å². The number of benzene rings is 3. The summed E-state index contributed by atoms with van der Waals surface area (Å²) in [6.45, 7) is 9.93. The molecule has 0 atom stereocenters. The highest BCUT2D eigenvalue weighted by Gasteiger charge is 2.23. The highest BCUT2D eigenvalue weighted by atomic mass is 32.2. The Bertz CT molecular complexity index is 1370.